The first-order chi connectivity index (χ1) is 12.7. The van der Waals surface area contributed by atoms with Gasteiger partial charge in [-0.1, -0.05) is 48.5 Å². The first-order valence-corrected chi connectivity index (χ1v) is 9.85. The van der Waals surface area contributed by atoms with Crippen LogP contribution in [0, 0.1) is 0 Å². The van der Waals surface area contributed by atoms with E-state index < -0.39 is 0 Å². The van der Waals surface area contributed by atoms with Gasteiger partial charge in [-0.25, -0.2) is 0 Å². The van der Waals surface area contributed by atoms with Crippen LogP contribution in [0.5, 0.6) is 0 Å². The van der Waals surface area contributed by atoms with Crippen LogP contribution in [-0.2, 0) is 11.2 Å². The van der Waals surface area contributed by atoms with Crippen LogP contribution in [0.1, 0.15) is 4.88 Å². The maximum Gasteiger partial charge on any atom is 0.230 e. The highest BCUT2D eigenvalue weighted by Gasteiger charge is 2.16. The van der Waals surface area contributed by atoms with E-state index in [4.69, 9.17) is 0 Å². The lowest BCUT2D eigenvalue weighted by Crippen LogP contribution is -2.16. The van der Waals surface area contributed by atoms with Crippen LogP contribution in [0.4, 0.5) is 5.00 Å². The highest BCUT2D eigenvalue weighted by Crippen LogP contribution is 2.33. The topological polar surface area (TPSA) is 46.2 Å². The van der Waals surface area contributed by atoms with E-state index in [2.05, 4.69) is 5.32 Å². The van der Waals surface area contributed by atoms with Gasteiger partial charge in [-0.3, -0.25) is 9.59 Å². The molecule has 128 valence electrons. The van der Waals surface area contributed by atoms with Crippen LogP contribution in [0.3, 0.4) is 0 Å². The van der Waals surface area contributed by atoms with E-state index in [-0.39, 0.29) is 11.3 Å². The Morgan fingerprint density at radius 3 is 2.46 bits per heavy atom. The van der Waals surface area contributed by atoms with Crippen molar-refractivity contribution in [3.05, 3.63) is 87.2 Å². The van der Waals surface area contributed by atoms with Crippen LogP contribution in [0.25, 0.3) is 21.2 Å². The van der Waals surface area contributed by atoms with E-state index in [9.17, 15) is 9.59 Å². The van der Waals surface area contributed by atoms with E-state index in [1.165, 1.54) is 11.3 Å². The van der Waals surface area contributed by atoms with Crippen LogP contribution >= 0.6 is 22.7 Å². The maximum absolute atomic E-state index is 13.1. The average Bonchev–Trinajstić information content (AvgIpc) is 3.15. The summed E-state index contributed by atoms with van der Waals surface area (Å²) < 4.78 is 0.864. The van der Waals surface area contributed by atoms with Crippen molar-refractivity contribution >= 4 is 43.7 Å². The predicted octanol–water partition coefficient (Wildman–Crippen LogP) is 5.17. The molecule has 0 bridgehead atoms. The summed E-state index contributed by atoms with van der Waals surface area (Å²) in [5.41, 5.74) is 1.30. The van der Waals surface area contributed by atoms with Gasteiger partial charge >= 0.3 is 0 Å². The molecule has 4 rings (SSSR count). The minimum atomic E-state index is -0.115. The monoisotopic (exact) mass is 377 g/mol. The molecule has 0 unspecified atom stereocenters. The summed E-state index contributed by atoms with van der Waals surface area (Å²) in [6.07, 6.45) is 0.305. The van der Waals surface area contributed by atoms with Crippen LogP contribution < -0.4 is 10.7 Å². The van der Waals surface area contributed by atoms with Gasteiger partial charge in [0.25, 0.3) is 0 Å². The number of benzene rings is 2. The number of hydrogen-bond donors (Lipinski definition) is 1. The van der Waals surface area contributed by atoms with Crippen LogP contribution in [-0.4, -0.2) is 5.91 Å². The minimum absolute atomic E-state index is 0.0584. The van der Waals surface area contributed by atoms with Gasteiger partial charge in [-0.15, -0.1) is 22.7 Å². The molecule has 1 amide bonds. The lowest BCUT2D eigenvalue weighted by Gasteiger charge is -2.11. The van der Waals surface area contributed by atoms with E-state index in [1.807, 2.05) is 72.1 Å². The molecule has 0 aliphatic rings. The lowest BCUT2D eigenvalue weighted by molar-refractivity contribution is -0.115. The molecule has 3 nitrogen and oxygen atoms in total. The summed E-state index contributed by atoms with van der Waals surface area (Å²) in [7, 11) is 0. The molecule has 1 N–H and O–H groups in total. The van der Waals surface area contributed by atoms with Gasteiger partial charge in [0.1, 0.15) is 5.00 Å². The van der Waals surface area contributed by atoms with Gasteiger partial charge in [0.05, 0.1) is 12.0 Å². The fourth-order valence-corrected chi connectivity index (χ4v) is 4.66. The van der Waals surface area contributed by atoms with Crippen molar-refractivity contribution < 1.29 is 4.79 Å². The first kappa shape index (κ1) is 16.7. The zero-order valence-electron chi connectivity index (χ0n) is 13.8. The normalized spacial score (nSPS) is 10.8. The zero-order chi connectivity index (χ0) is 17.9. The molecule has 4 aromatic rings. The molecule has 0 saturated carbocycles. The zero-order valence-corrected chi connectivity index (χ0v) is 15.4. The van der Waals surface area contributed by atoms with Crippen molar-refractivity contribution in [1.82, 2.24) is 0 Å². The number of amides is 1. The highest BCUT2D eigenvalue weighted by molar-refractivity contribution is 7.22. The molecule has 2 aromatic carbocycles. The van der Waals surface area contributed by atoms with Gasteiger partial charge < -0.3 is 5.32 Å². The third-order valence-corrected chi connectivity index (χ3v) is 5.99. The maximum atomic E-state index is 13.1. The number of carbonyl (C=O) groups excluding carboxylic acids is 1. The second-order valence-corrected chi connectivity index (χ2v) is 7.89. The summed E-state index contributed by atoms with van der Waals surface area (Å²) in [4.78, 5) is 26.6. The molecule has 0 aliphatic carbocycles. The Balaban J connectivity index is 1.82. The lowest BCUT2D eigenvalue weighted by atomic mass is 10.1. The standard InChI is InChI=1S/C21H15NO2S2/c23-18(13-15-9-6-12-25-15)22-21-19(14-7-2-1-3-8-14)20(24)16-10-4-5-11-17(16)26-21/h1-12H,13H2,(H,22,23). The number of hydrogen-bond acceptors (Lipinski definition) is 4. The third-order valence-electron chi connectivity index (χ3n) is 4.03. The summed E-state index contributed by atoms with van der Waals surface area (Å²) in [5.74, 6) is -0.115. The van der Waals surface area contributed by atoms with E-state index >= 15 is 0 Å². The number of rotatable bonds is 4. The first-order valence-electron chi connectivity index (χ1n) is 8.16. The minimum Gasteiger partial charge on any atom is -0.317 e. The number of thiophene rings is 1. The van der Waals surface area contributed by atoms with Gasteiger partial charge in [-0.05, 0) is 29.1 Å². The highest BCUT2D eigenvalue weighted by atomic mass is 32.1. The van der Waals surface area contributed by atoms with Crippen molar-refractivity contribution in [2.45, 2.75) is 6.42 Å². The molecule has 0 atom stereocenters. The molecule has 0 saturated heterocycles. The number of anilines is 1. The quantitative estimate of drug-likeness (QED) is 0.533. The Labute approximate surface area is 158 Å². The van der Waals surface area contributed by atoms with Crippen molar-refractivity contribution in [2.75, 3.05) is 5.32 Å². The smallest absolute Gasteiger partial charge is 0.230 e. The number of carbonyl (C=O) groups is 1. The molecule has 26 heavy (non-hydrogen) atoms. The largest absolute Gasteiger partial charge is 0.317 e. The van der Waals surface area contributed by atoms with E-state index in [0.29, 0.717) is 22.4 Å². The van der Waals surface area contributed by atoms with Gasteiger partial charge in [0, 0.05) is 15.0 Å². The molecule has 5 heteroatoms. The fourth-order valence-electron chi connectivity index (χ4n) is 2.84. The predicted molar refractivity (Wildman–Crippen MR) is 110 cm³/mol. The average molecular weight is 377 g/mol. The van der Waals surface area contributed by atoms with Gasteiger partial charge in [-0.2, -0.15) is 0 Å². The number of nitrogens with one attached hydrogen (secondary N) is 1. The van der Waals surface area contributed by atoms with Crippen LogP contribution in [0.2, 0.25) is 0 Å². The van der Waals surface area contributed by atoms with Crippen molar-refractivity contribution in [3.8, 4) is 11.1 Å². The Kier molecular flexibility index (Phi) is 4.65. The Morgan fingerprint density at radius 2 is 1.69 bits per heavy atom. The summed E-state index contributed by atoms with van der Waals surface area (Å²) in [6.45, 7) is 0. The molecule has 0 aliphatic heterocycles. The summed E-state index contributed by atoms with van der Waals surface area (Å²) in [5, 5.41) is 6.19. The molecule has 2 heterocycles. The second kappa shape index (κ2) is 7.23. The van der Waals surface area contributed by atoms with E-state index in [1.54, 1.807) is 11.3 Å². The molecule has 0 radical (unpaired) electrons. The second-order valence-electron chi connectivity index (χ2n) is 5.80. The fraction of sp³-hybridized carbons (Fsp3) is 0.0476. The molecular formula is C21H15NO2S2. The summed E-state index contributed by atoms with van der Waals surface area (Å²) in [6, 6.07) is 20.9. The third kappa shape index (κ3) is 3.31. The molecular weight excluding hydrogens is 362 g/mol. The van der Waals surface area contributed by atoms with Crippen LogP contribution in [0.15, 0.2) is 76.9 Å². The van der Waals surface area contributed by atoms with Crippen molar-refractivity contribution in [2.24, 2.45) is 0 Å². The van der Waals surface area contributed by atoms with Crippen molar-refractivity contribution in [3.63, 3.8) is 0 Å². The van der Waals surface area contributed by atoms with Crippen molar-refractivity contribution in [1.29, 1.82) is 0 Å². The summed E-state index contributed by atoms with van der Waals surface area (Å²) >= 11 is 2.98. The Morgan fingerprint density at radius 1 is 0.923 bits per heavy atom. The van der Waals surface area contributed by atoms with E-state index in [0.717, 1.165) is 15.1 Å². The van der Waals surface area contributed by atoms with Gasteiger partial charge in [0.15, 0.2) is 5.43 Å². The number of fused-ring (bicyclic) bond motifs is 1. The Bertz CT molecular complexity index is 1120. The molecule has 2 aromatic heterocycles. The Hall–Kier alpha value is -2.76. The SMILES string of the molecule is O=C(Cc1cccs1)Nc1sc2ccccc2c(=O)c1-c1ccccc1. The molecule has 0 fully saturated rings. The van der Waals surface area contributed by atoms with Gasteiger partial charge in [0.2, 0.25) is 5.91 Å². The molecule has 0 spiro atoms.